The monoisotopic (exact) mass is 389 g/mol. The van der Waals surface area contributed by atoms with Gasteiger partial charge in [0.25, 0.3) is 5.56 Å². The lowest BCUT2D eigenvalue weighted by atomic mass is 10.1. The van der Waals surface area contributed by atoms with E-state index in [9.17, 15) is 9.18 Å². The van der Waals surface area contributed by atoms with Gasteiger partial charge in [0.1, 0.15) is 0 Å². The van der Waals surface area contributed by atoms with E-state index in [0.717, 1.165) is 25.2 Å². The summed E-state index contributed by atoms with van der Waals surface area (Å²) in [4.78, 5) is 24.3. The van der Waals surface area contributed by atoms with Crippen molar-refractivity contribution in [1.82, 2.24) is 19.7 Å². The second kappa shape index (κ2) is 8.09. The van der Waals surface area contributed by atoms with Crippen LogP contribution in [0.5, 0.6) is 0 Å². The Balaban J connectivity index is 1.36. The van der Waals surface area contributed by atoms with E-state index in [1.54, 1.807) is 19.3 Å². The van der Waals surface area contributed by atoms with Gasteiger partial charge in [-0.05, 0) is 12.3 Å². The fourth-order valence-electron chi connectivity index (χ4n) is 3.54. The highest BCUT2D eigenvalue weighted by atomic mass is 19.1. The second-order valence-corrected chi connectivity index (χ2v) is 7.12. The van der Waals surface area contributed by atoms with E-state index in [1.807, 2.05) is 4.90 Å². The number of ether oxygens (including phenoxy) is 1. The van der Waals surface area contributed by atoms with Crippen molar-refractivity contribution in [3.8, 4) is 0 Å². The van der Waals surface area contributed by atoms with E-state index in [0.29, 0.717) is 50.5 Å². The minimum Gasteiger partial charge on any atom is -0.378 e. The summed E-state index contributed by atoms with van der Waals surface area (Å²) in [5.74, 6) is 0.707. The van der Waals surface area contributed by atoms with Crippen molar-refractivity contribution in [2.45, 2.75) is 6.42 Å². The van der Waals surface area contributed by atoms with Crippen LogP contribution in [0.15, 0.2) is 23.3 Å². The van der Waals surface area contributed by atoms with Crippen LogP contribution >= 0.6 is 0 Å². The molecule has 0 bridgehead atoms. The Labute approximate surface area is 162 Å². The van der Waals surface area contributed by atoms with Crippen LogP contribution in [0.2, 0.25) is 0 Å². The topological polar surface area (TPSA) is 88.4 Å². The summed E-state index contributed by atoms with van der Waals surface area (Å²) in [7, 11) is 1.64. The molecular formula is C18H24FN7O2. The second-order valence-electron chi connectivity index (χ2n) is 7.12. The number of aromatic nitrogens is 4. The van der Waals surface area contributed by atoms with Crippen molar-refractivity contribution in [1.29, 1.82) is 0 Å². The Kier molecular flexibility index (Phi) is 5.38. The van der Waals surface area contributed by atoms with Crippen molar-refractivity contribution < 1.29 is 9.13 Å². The summed E-state index contributed by atoms with van der Waals surface area (Å²) in [5, 5.41) is 7.31. The van der Waals surface area contributed by atoms with Crippen LogP contribution in [0.4, 0.5) is 21.8 Å². The van der Waals surface area contributed by atoms with Crippen molar-refractivity contribution >= 4 is 17.5 Å². The van der Waals surface area contributed by atoms with Crippen LogP contribution in [0, 0.1) is 11.7 Å². The summed E-state index contributed by atoms with van der Waals surface area (Å²) in [6.07, 6.45) is 3.92. The normalized spacial score (nSPS) is 19.9. The lowest BCUT2D eigenvalue weighted by Crippen LogP contribution is -2.37. The van der Waals surface area contributed by atoms with E-state index < -0.39 is 5.82 Å². The number of morpholine rings is 1. The van der Waals surface area contributed by atoms with Gasteiger partial charge < -0.3 is 19.9 Å². The molecule has 4 rings (SSSR count). The van der Waals surface area contributed by atoms with Gasteiger partial charge in [-0.3, -0.25) is 4.79 Å². The van der Waals surface area contributed by atoms with Gasteiger partial charge in [0.2, 0.25) is 5.95 Å². The first kappa shape index (κ1) is 18.6. The number of aryl methyl sites for hydroxylation is 1. The highest BCUT2D eigenvalue weighted by molar-refractivity contribution is 5.45. The molecule has 2 aliphatic heterocycles. The Morgan fingerprint density at radius 3 is 2.86 bits per heavy atom. The van der Waals surface area contributed by atoms with Crippen LogP contribution in [-0.2, 0) is 11.8 Å². The summed E-state index contributed by atoms with van der Waals surface area (Å²) >= 11 is 0. The number of hydrogen-bond acceptors (Lipinski definition) is 8. The largest absolute Gasteiger partial charge is 0.378 e. The maximum atomic E-state index is 14.1. The zero-order valence-corrected chi connectivity index (χ0v) is 15.8. The summed E-state index contributed by atoms with van der Waals surface area (Å²) < 4.78 is 20.7. The molecular weight excluding hydrogens is 365 g/mol. The molecule has 0 aliphatic carbocycles. The third kappa shape index (κ3) is 4.06. The van der Waals surface area contributed by atoms with Gasteiger partial charge in [-0.15, -0.1) is 0 Å². The van der Waals surface area contributed by atoms with Gasteiger partial charge in [-0.2, -0.15) is 10.1 Å². The molecule has 0 spiro atoms. The van der Waals surface area contributed by atoms with Crippen molar-refractivity contribution in [3.05, 3.63) is 34.6 Å². The van der Waals surface area contributed by atoms with Gasteiger partial charge in [-0.1, -0.05) is 0 Å². The molecule has 1 N–H and O–H groups in total. The smallest absolute Gasteiger partial charge is 0.268 e. The molecule has 1 atom stereocenters. The molecule has 9 nitrogen and oxygen atoms in total. The maximum Gasteiger partial charge on any atom is 0.268 e. The van der Waals surface area contributed by atoms with Crippen LogP contribution in [-0.4, -0.2) is 65.7 Å². The van der Waals surface area contributed by atoms with Crippen molar-refractivity contribution in [2.75, 3.05) is 61.1 Å². The first-order chi connectivity index (χ1) is 13.6. The fourth-order valence-corrected chi connectivity index (χ4v) is 3.54. The third-order valence-electron chi connectivity index (χ3n) is 5.19. The molecule has 28 heavy (non-hydrogen) atoms. The minimum atomic E-state index is -0.419. The molecule has 2 aliphatic rings. The lowest BCUT2D eigenvalue weighted by molar-refractivity contribution is 0.122. The number of nitrogens with one attached hydrogen (secondary N) is 1. The van der Waals surface area contributed by atoms with Crippen molar-refractivity contribution in [3.63, 3.8) is 0 Å². The Morgan fingerprint density at radius 1 is 1.25 bits per heavy atom. The number of halogens is 1. The number of nitrogens with zero attached hydrogens (tertiary/aromatic N) is 6. The van der Waals surface area contributed by atoms with Gasteiger partial charge in [0, 0.05) is 45.8 Å². The molecule has 2 saturated heterocycles. The Hall–Kier alpha value is -2.75. The quantitative estimate of drug-likeness (QED) is 0.790. The Morgan fingerprint density at radius 2 is 2.07 bits per heavy atom. The molecule has 0 radical (unpaired) electrons. The molecule has 10 heteroatoms. The molecule has 2 aromatic heterocycles. The van der Waals surface area contributed by atoms with Gasteiger partial charge in [0.05, 0.1) is 31.3 Å². The molecule has 0 amide bonds. The van der Waals surface area contributed by atoms with E-state index in [2.05, 4.69) is 25.3 Å². The number of rotatable bonds is 5. The van der Waals surface area contributed by atoms with E-state index >= 15 is 0 Å². The van der Waals surface area contributed by atoms with Gasteiger partial charge in [-0.25, -0.2) is 14.1 Å². The maximum absolute atomic E-state index is 14.1. The van der Waals surface area contributed by atoms with E-state index in [4.69, 9.17) is 4.74 Å². The van der Waals surface area contributed by atoms with Crippen LogP contribution in [0.25, 0.3) is 0 Å². The molecule has 0 saturated carbocycles. The highest BCUT2D eigenvalue weighted by Crippen LogP contribution is 2.23. The fraction of sp³-hybridized carbons (Fsp3) is 0.556. The molecule has 2 fully saturated rings. The predicted molar refractivity (Wildman–Crippen MR) is 103 cm³/mol. The predicted octanol–water partition coefficient (Wildman–Crippen LogP) is 0.484. The van der Waals surface area contributed by atoms with Gasteiger partial charge in [0.15, 0.2) is 11.6 Å². The molecule has 150 valence electrons. The highest BCUT2D eigenvalue weighted by Gasteiger charge is 2.24. The summed E-state index contributed by atoms with van der Waals surface area (Å²) in [6.45, 7) is 4.75. The first-order valence-corrected chi connectivity index (χ1v) is 9.47. The zero-order chi connectivity index (χ0) is 19.5. The Bertz CT molecular complexity index is 884. The van der Waals surface area contributed by atoms with Crippen molar-refractivity contribution in [2.24, 2.45) is 13.0 Å². The average Bonchev–Trinajstić information content (AvgIpc) is 3.19. The third-order valence-corrected chi connectivity index (χ3v) is 5.19. The van der Waals surface area contributed by atoms with E-state index in [1.165, 1.54) is 10.9 Å². The number of hydrogen-bond donors (Lipinski definition) is 1. The van der Waals surface area contributed by atoms with Crippen LogP contribution < -0.4 is 20.7 Å². The molecule has 2 aromatic rings. The van der Waals surface area contributed by atoms with Crippen LogP contribution in [0.1, 0.15) is 6.42 Å². The molecule has 1 unspecified atom stereocenters. The molecule has 4 heterocycles. The summed E-state index contributed by atoms with van der Waals surface area (Å²) in [6, 6.07) is 1.61. The SMILES string of the molecule is Cn1ncc(N2CCC(CNc3ncc(F)c(N4CCOCC4)n3)C2)cc1=O. The first-order valence-electron chi connectivity index (χ1n) is 9.47. The zero-order valence-electron chi connectivity index (χ0n) is 15.8. The van der Waals surface area contributed by atoms with Crippen LogP contribution in [0.3, 0.4) is 0 Å². The average molecular weight is 389 g/mol. The lowest BCUT2D eigenvalue weighted by Gasteiger charge is -2.28. The molecule has 0 aromatic carbocycles. The standard InChI is InChI=1S/C18H24FN7O2/c1-24-16(27)8-14(10-22-24)26-3-2-13(12-26)9-20-18-21-11-15(19)17(23-18)25-4-6-28-7-5-25/h8,10-11,13H,2-7,9,12H2,1H3,(H,20,21,23). The minimum absolute atomic E-state index is 0.116. The van der Waals surface area contributed by atoms with E-state index in [-0.39, 0.29) is 5.56 Å². The number of anilines is 3. The summed E-state index contributed by atoms with van der Waals surface area (Å²) in [5.41, 5.74) is 0.729. The van der Waals surface area contributed by atoms with Gasteiger partial charge >= 0.3 is 0 Å².